The first-order chi connectivity index (χ1) is 10.1. The number of methoxy groups -OCH3 is 1. The lowest BCUT2D eigenvalue weighted by Gasteiger charge is -2.07. The number of carbonyl (C=O) groups is 1. The first-order valence-electron chi connectivity index (χ1n) is 7.29. The largest absolute Gasteiger partial charge is 0.504 e. The highest BCUT2D eigenvalue weighted by atomic mass is 16.5. The topological polar surface area (TPSA) is 66.8 Å². The molecule has 1 aromatic carbocycles. The third-order valence-electron chi connectivity index (χ3n) is 3.19. The van der Waals surface area contributed by atoms with E-state index in [1.165, 1.54) is 7.11 Å². The summed E-state index contributed by atoms with van der Waals surface area (Å²) in [6.07, 6.45) is 5.92. The number of Topliss-reactive ketones (excluding diaryl/α,β-unsaturated/α-hetero) is 1. The van der Waals surface area contributed by atoms with Gasteiger partial charge in [0.05, 0.1) is 13.2 Å². The zero-order chi connectivity index (χ0) is 15.7. The molecular weight excluding hydrogens is 268 g/mol. The van der Waals surface area contributed by atoms with Gasteiger partial charge < -0.3 is 14.9 Å². The van der Waals surface area contributed by atoms with Crippen LogP contribution in [0.1, 0.15) is 38.2 Å². The number of allylic oxidation sites excluding steroid dienone is 1. The van der Waals surface area contributed by atoms with E-state index >= 15 is 0 Å². The number of hydrogen-bond donors (Lipinski definition) is 2. The van der Waals surface area contributed by atoms with E-state index in [9.17, 15) is 15.0 Å². The van der Waals surface area contributed by atoms with Gasteiger partial charge in [0.15, 0.2) is 11.5 Å². The van der Waals surface area contributed by atoms with Gasteiger partial charge in [-0.2, -0.15) is 0 Å². The van der Waals surface area contributed by atoms with E-state index in [4.69, 9.17) is 4.74 Å². The summed E-state index contributed by atoms with van der Waals surface area (Å²) in [5, 5.41) is 19.2. The average Bonchev–Trinajstić information content (AvgIpc) is 2.46. The summed E-state index contributed by atoms with van der Waals surface area (Å²) in [7, 11) is 1.49. The summed E-state index contributed by atoms with van der Waals surface area (Å²) in [6.45, 7) is 2.06. The summed E-state index contributed by atoms with van der Waals surface area (Å²) < 4.78 is 5.03. The second-order valence-corrected chi connectivity index (χ2v) is 5.03. The molecule has 21 heavy (non-hydrogen) atoms. The lowest BCUT2D eigenvalue weighted by molar-refractivity contribution is -0.120. The third-order valence-corrected chi connectivity index (χ3v) is 3.19. The van der Waals surface area contributed by atoms with Gasteiger partial charge in [-0.15, -0.1) is 0 Å². The van der Waals surface area contributed by atoms with Gasteiger partial charge in [0.1, 0.15) is 5.78 Å². The molecule has 0 spiro atoms. The van der Waals surface area contributed by atoms with Crippen LogP contribution in [0.2, 0.25) is 0 Å². The molecule has 1 rings (SSSR count). The van der Waals surface area contributed by atoms with E-state index in [1.54, 1.807) is 24.3 Å². The van der Waals surface area contributed by atoms with Crippen molar-refractivity contribution >= 4 is 5.78 Å². The highest BCUT2D eigenvalue weighted by Crippen LogP contribution is 2.26. The van der Waals surface area contributed by atoms with Crippen LogP contribution < -0.4 is 4.74 Å². The number of rotatable bonds is 9. The molecule has 0 saturated heterocycles. The molecule has 0 bridgehead atoms. The summed E-state index contributed by atoms with van der Waals surface area (Å²) >= 11 is 0. The number of ketones is 1. The van der Waals surface area contributed by atoms with Crippen molar-refractivity contribution in [3.8, 4) is 11.5 Å². The molecule has 4 nitrogen and oxygen atoms in total. The van der Waals surface area contributed by atoms with Crippen molar-refractivity contribution in [2.45, 2.75) is 45.1 Å². The predicted octanol–water partition coefficient (Wildman–Crippen LogP) is 3.01. The average molecular weight is 292 g/mol. The maximum atomic E-state index is 11.8. The van der Waals surface area contributed by atoms with Gasteiger partial charge in [0, 0.05) is 12.8 Å². The number of aromatic hydroxyl groups is 1. The molecule has 0 aliphatic rings. The normalized spacial score (nSPS) is 12.5. The van der Waals surface area contributed by atoms with Crippen LogP contribution in [0.5, 0.6) is 11.5 Å². The molecule has 1 atom stereocenters. The van der Waals surface area contributed by atoms with Crippen molar-refractivity contribution in [2.24, 2.45) is 0 Å². The Morgan fingerprint density at radius 1 is 1.43 bits per heavy atom. The van der Waals surface area contributed by atoms with Crippen LogP contribution in [0.15, 0.2) is 30.4 Å². The molecule has 0 radical (unpaired) electrons. The Morgan fingerprint density at radius 2 is 2.19 bits per heavy atom. The molecule has 1 aromatic rings. The van der Waals surface area contributed by atoms with Gasteiger partial charge >= 0.3 is 0 Å². The minimum atomic E-state index is -0.696. The Balaban J connectivity index is 2.42. The van der Waals surface area contributed by atoms with Crippen LogP contribution in [0.4, 0.5) is 0 Å². The fourth-order valence-electron chi connectivity index (χ4n) is 1.98. The molecular formula is C17H24O4. The van der Waals surface area contributed by atoms with Crippen molar-refractivity contribution < 1.29 is 19.7 Å². The maximum absolute atomic E-state index is 11.8. The standard InChI is InChI=1S/C17H24O4/c1-3-4-5-6-14(18)12-15(19)9-7-13-8-10-16(20)17(11-13)21-2/h5-6,8,10-11,14,18,20H,3-4,7,9,12H2,1-2H3/b6-5+/t14-/m1/s1. The van der Waals surface area contributed by atoms with Crippen LogP contribution in [-0.4, -0.2) is 29.2 Å². The van der Waals surface area contributed by atoms with Gasteiger partial charge in [-0.3, -0.25) is 4.79 Å². The molecule has 0 heterocycles. The zero-order valence-corrected chi connectivity index (χ0v) is 12.7. The van der Waals surface area contributed by atoms with Crippen molar-refractivity contribution in [1.82, 2.24) is 0 Å². The Morgan fingerprint density at radius 3 is 2.86 bits per heavy atom. The van der Waals surface area contributed by atoms with E-state index in [0.29, 0.717) is 18.6 Å². The fourth-order valence-corrected chi connectivity index (χ4v) is 1.98. The van der Waals surface area contributed by atoms with E-state index < -0.39 is 6.10 Å². The van der Waals surface area contributed by atoms with Crippen LogP contribution in [0.3, 0.4) is 0 Å². The molecule has 0 aliphatic carbocycles. The number of carbonyl (C=O) groups excluding carboxylic acids is 1. The molecule has 116 valence electrons. The molecule has 0 aromatic heterocycles. The molecule has 0 fully saturated rings. The van der Waals surface area contributed by atoms with Crippen LogP contribution in [0.25, 0.3) is 0 Å². The molecule has 0 amide bonds. The summed E-state index contributed by atoms with van der Waals surface area (Å²) in [6, 6.07) is 5.05. The van der Waals surface area contributed by atoms with Crippen LogP contribution in [-0.2, 0) is 11.2 Å². The molecule has 0 unspecified atom stereocenters. The van der Waals surface area contributed by atoms with Crippen molar-refractivity contribution in [1.29, 1.82) is 0 Å². The smallest absolute Gasteiger partial charge is 0.160 e. The summed E-state index contributed by atoms with van der Waals surface area (Å²) in [5.74, 6) is 0.516. The molecule has 0 saturated carbocycles. The second kappa shape index (κ2) is 9.19. The number of hydrogen-bond acceptors (Lipinski definition) is 4. The Kier molecular flexibility index (Phi) is 7.54. The van der Waals surface area contributed by atoms with Crippen molar-refractivity contribution in [3.63, 3.8) is 0 Å². The molecule has 4 heteroatoms. The van der Waals surface area contributed by atoms with E-state index in [0.717, 1.165) is 18.4 Å². The number of unbranched alkanes of at least 4 members (excludes halogenated alkanes) is 1. The first-order valence-corrected chi connectivity index (χ1v) is 7.29. The van der Waals surface area contributed by atoms with Crippen LogP contribution in [0, 0.1) is 0 Å². The maximum Gasteiger partial charge on any atom is 0.160 e. The highest BCUT2D eigenvalue weighted by molar-refractivity contribution is 5.79. The minimum absolute atomic E-state index is 0.0238. The Bertz CT molecular complexity index is 480. The Hall–Kier alpha value is -1.81. The number of aliphatic hydroxyl groups excluding tert-OH is 1. The third kappa shape index (κ3) is 6.45. The van der Waals surface area contributed by atoms with E-state index in [2.05, 4.69) is 6.92 Å². The number of benzene rings is 1. The van der Waals surface area contributed by atoms with Crippen molar-refractivity contribution in [3.05, 3.63) is 35.9 Å². The number of ether oxygens (including phenoxy) is 1. The number of phenols is 1. The lowest BCUT2D eigenvalue weighted by Crippen LogP contribution is -2.11. The van der Waals surface area contributed by atoms with Crippen LogP contribution >= 0.6 is 0 Å². The lowest BCUT2D eigenvalue weighted by atomic mass is 10.0. The second-order valence-electron chi connectivity index (χ2n) is 5.03. The molecule has 0 aliphatic heterocycles. The van der Waals surface area contributed by atoms with Gasteiger partial charge in [0.25, 0.3) is 0 Å². The number of phenolic OH excluding ortho intramolecular Hbond substituents is 1. The zero-order valence-electron chi connectivity index (χ0n) is 12.7. The minimum Gasteiger partial charge on any atom is -0.504 e. The number of aryl methyl sites for hydroxylation is 1. The fraction of sp³-hybridized carbons (Fsp3) is 0.471. The van der Waals surface area contributed by atoms with Gasteiger partial charge in [-0.1, -0.05) is 31.6 Å². The quantitative estimate of drug-likeness (QED) is 0.687. The van der Waals surface area contributed by atoms with Gasteiger partial charge in [-0.25, -0.2) is 0 Å². The highest BCUT2D eigenvalue weighted by Gasteiger charge is 2.09. The van der Waals surface area contributed by atoms with Gasteiger partial charge in [0.2, 0.25) is 0 Å². The van der Waals surface area contributed by atoms with E-state index in [1.807, 2.05) is 6.08 Å². The Labute approximate surface area is 126 Å². The molecule has 2 N–H and O–H groups in total. The van der Waals surface area contributed by atoms with Gasteiger partial charge in [-0.05, 0) is 30.5 Å². The van der Waals surface area contributed by atoms with Crippen molar-refractivity contribution in [2.75, 3.05) is 7.11 Å². The predicted molar refractivity (Wildman–Crippen MR) is 82.7 cm³/mol. The summed E-state index contributed by atoms with van der Waals surface area (Å²) in [5.41, 5.74) is 0.925. The summed E-state index contributed by atoms with van der Waals surface area (Å²) in [4.78, 5) is 11.8. The monoisotopic (exact) mass is 292 g/mol. The first kappa shape index (κ1) is 17.2. The number of aliphatic hydroxyl groups is 1. The SMILES string of the molecule is CCC/C=C/[C@@H](O)CC(=O)CCc1ccc(O)c(OC)c1. The van der Waals surface area contributed by atoms with E-state index in [-0.39, 0.29) is 18.0 Å².